The van der Waals surface area contributed by atoms with Gasteiger partial charge in [0.05, 0.1) is 30.9 Å². The third kappa shape index (κ3) is 7.92. The number of benzene rings is 2. The van der Waals surface area contributed by atoms with E-state index in [1.54, 1.807) is 19.5 Å². The Balaban J connectivity index is 0.000000229. The van der Waals surface area contributed by atoms with Crippen LogP contribution in [0.1, 0.15) is 41.0 Å². The highest BCUT2D eigenvalue weighted by atomic mass is 16.5. The molecule has 1 heterocycles. The molecule has 0 atom stereocenters. The summed E-state index contributed by atoms with van der Waals surface area (Å²) in [6, 6.07) is 13.8. The highest BCUT2D eigenvalue weighted by Crippen LogP contribution is 2.20. The SMILES string of the molecule is CCOc1ccc(-c2cncc(C=O)n2)cc1.CCc1cc(/C=N/NC)cc(CCO)c1. The van der Waals surface area contributed by atoms with Crippen LogP contribution in [0, 0.1) is 0 Å². The van der Waals surface area contributed by atoms with Crippen molar-refractivity contribution in [2.45, 2.75) is 26.7 Å². The molecule has 3 aromatic rings. The monoisotopic (exact) mass is 434 g/mol. The first kappa shape index (κ1) is 24.7. The number of hydrogen-bond acceptors (Lipinski definition) is 7. The molecule has 2 N–H and O–H groups in total. The molecule has 0 spiro atoms. The largest absolute Gasteiger partial charge is 0.494 e. The van der Waals surface area contributed by atoms with Crippen LogP contribution in [-0.2, 0) is 12.8 Å². The van der Waals surface area contributed by atoms with Crippen molar-refractivity contribution in [3.63, 3.8) is 0 Å². The molecular weight excluding hydrogens is 404 g/mol. The number of carbonyl (C=O) groups is 1. The Bertz CT molecular complexity index is 1000. The second kappa shape index (κ2) is 13.7. The first-order valence-electron chi connectivity index (χ1n) is 10.6. The number of hydrazone groups is 1. The van der Waals surface area contributed by atoms with Gasteiger partial charge in [0, 0.05) is 19.2 Å². The van der Waals surface area contributed by atoms with Gasteiger partial charge in [-0.25, -0.2) is 4.98 Å². The molecular formula is C25H30N4O3. The second-order valence-corrected chi connectivity index (χ2v) is 6.80. The van der Waals surface area contributed by atoms with E-state index in [0.29, 0.717) is 30.7 Å². The molecule has 7 nitrogen and oxygen atoms in total. The fourth-order valence-electron chi connectivity index (χ4n) is 2.95. The maximum atomic E-state index is 10.6. The Kier molecular flexibility index (Phi) is 10.5. The normalized spacial score (nSPS) is 10.4. The number of rotatable bonds is 9. The molecule has 0 saturated heterocycles. The zero-order chi connectivity index (χ0) is 23.2. The van der Waals surface area contributed by atoms with E-state index < -0.39 is 0 Å². The lowest BCUT2D eigenvalue weighted by Crippen LogP contribution is -1.98. The van der Waals surface area contributed by atoms with E-state index in [-0.39, 0.29) is 6.61 Å². The van der Waals surface area contributed by atoms with E-state index in [4.69, 9.17) is 9.84 Å². The molecule has 32 heavy (non-hydrogen) atoms. The van der Waals surface area contributed by atoms with Gasteiger partial charge in [-0.05, 0) is 60.7 Å². The molecule has 2 aromatic carbocycles. The Hall–Kier alpha value is -3.58. The van der Waals surface area contributed by atoms with Crippen molar-refractivity contribution in [3.05, 3.63) is 77.2 Å². The number of carbonyl (C=O) groups excluding carboxylic acids is 1. The topological polar surface area (TPSA) is 96.7 Å². The van der Waals surface area contributed by atoms with Gasteiger partial charge in [-0.2, -0.15) is 5.10 Å². The van der Waals surface area contributed by atoms with Crippen molar-refractivity contribution in [2.75, 3.05) is 20.3 Å². The summed E-state index contributed by atoms with van der Waals surface area (Å²) in [6.45, 7) is 4.89. The lowest BCUT2D eigenvalue weighted by Gasteiger charge is -2.04. The smallest absolute Gasteiger partial charge is 0.170 e. The van der Waals surface area contributed by atoms with Crippen molar-refractivity contribution in [3.8, 4) is 17.0 Å². The van der Waals surface area contributed by atoms with Gasteiger partial charge >= 0.3 is 0 Å². The number of aryl methyl sites for hydroxylation is 1. The zero-order valence-corrected chi connectivity index (χ0v) is 18.8. The van der Waals surface area contributed by atoms with Crippen LogP contribution in [0.2, 0.25) is 0 Å². The van der Waals surface area contributed by atoms with Crippen LogP contribution in [0.25, 0.3) is 11.3 Å². The van der Waals surface area contributed by atoms with E-state index in [9.17, 15) is 4.79 Å². The highest BCUT2D eigenvalue weighted by Gasteiger charge is 2.02. The Morgan fingerprint density at radius 3 is 2.47 bits per heavy atom. The number of aromatic nitrogens is 2. The molecule has 0 saturated carbocycles. The minimum Gasteiger partial charge on any atom is -0.494 e. The van der Waals surface area contributed by atoms with E-state index in [0.717, 1.165) is 28.9 Å². The number of aliphatic hydroxyl groups is 1. The number of aliphatic hydroxyl groups excluding tert-OH is 1. The summed E-state index contributed by atoms with van der Waals surface area (Å²) in [6.07, 6.45) is 7.24. The van der Waals surface area contributed by atoms with Gasteiger partial charge in [0.2, 0.25) is 0 Å². The Morgan fingerprint density at radius 1 is 1.09 bits per heavy atom. The summed E-state index contributed by atoms with van der Waals surface area (Å²) in [5, 5.41) is 12.9. The van der Waals surface area contributed by atoms with Crippen LogP contribution in [0.4, 0.5) is 0 Å². The molecule has 7 heteroatoms. The number of nitrogens with zero attached hydrogens (tertiary/aromatic N) is 3. The fraction of sp³-hybridized carbons (Fsp3) is 0.280. The summed E-state index contributed by atoms with van der Waals surface area (Å²) < 4.78 is 5.35. The number of hydrogen-bond donors (Lipinski definition) is 2. The molecule has 0 aliphatic rings. The van der Waals surface area contributed by atoms with Crippen LogP contribution in [0.15, 0.2) is 60.0 Å². The third-order valence-electron chi connectivity index (χ3n) is 4.46. The van der Waals surface area contributed by atoms with E-state index in [1.807, 2.05) is 31.2 Å². The first-order chi connectivity index (χ1) is 15.6. The lowest BCUT2D eigenvalue weighted by atomic mass is 10.0. The van der Waals surface area contributed by atoms with Crippen molar-refractivity contribution in [1.82, 2.24) is 15.4 Å². The van der Waals surface area contributed by atoms with E-state index in [2.05, 4.69) is 45.6 Å². The molecule has 3 rings (SSSR count). The van der Waals surface area contributed by atoms with Crippen molar-refractivity contribution in [2.24, 2.45) is 5.10 Å². The minimum absolute atomic E-state index is 0.190. The summed E-state index contributed by atoms with van der Waals surface area (Å²) in [5.74, 6) is 0.816. The van der Waals surface area contributed by atoms with Crippen molar-refractivity contribution >= 4 is 12.5 Å². The average Bonchev–Trinajstić information content (AvgIpc) is 2.84. The molecule has 168 valence electrons. The van der Waals surface area contributed by atoms with Crippen LogP contribution >= 0.6 is 0 Å². The van der Waals surface area contributed by atoms with Gasteiger partial charge in [-0.15, -0.1) is 0 Å². The quantitative estimate of drug-likeness (QED) is 0.303. The molecule has 0 aliphatic carbocycles. The number of aldehydes is 1. The number of nitrogens with one attached hydrogen (secondary N) is 1. The zero-order valence-electron chi connectivity index (χ0n) is 18.8. The van der Waals surface area contributed by atoms with Gasteiger partial charge in [0.25, 0.3) is 0 Å². The second-order valence-electron chi connectivity index (χ2n) is 6.80. The molecule has 0 fully saturated rings. The Morgan fingerprint density at radius 2 is 1.84 bits per heavy atom. The summed E-state index contributed by atoms with van der Waals surface area (Å²) in [5.41, 5.74) is 8.15. The molecule has 0 amide bonds. The standard InChI is InChI=1S/C13H12N2O2.C12H18N2O/c1-2-17-12-5-3-10(4-6-12)13-8-14-7-11(9-16)15-13;1-3-10-6-11(4-5-15)8-12(7-10)9-14-13-2/h3-9H,2H2,1H3;6-9,13,15H,3-5H2,1-2H3/b;14-9+. The summed E-state index contributed by atoms with van der Waals surface area (Å²) >= 11 is 0. The van der Waals surface area contributed by atoms with Crippen LogP contribution in [-0.4, -0.2) is 47.8 Å². The van der Waals surface area contributed by atoms with Crippen LogP contribution in [0.3, 0.4) is 0 Å². The first-order valence-corrected chi connectivity index (χ1v) is 10.6. The van der Waals surface area contributed by atoms with E-state index in [1.165, 1.54) is 11.8 Å². The van der Waals surface area contributed by atoms with Crippen molar-refractivity contribution < 1.29 is 14.6 Å². The number of ether oxygens (including phenoxy) is 1. The van der Waals surface area contributed by atoms with Crippen molar-refractivity contribution in [1.29, 1.82) is 0 Å². The molecule has 1 aromatic heterocycles. The Labute approximate surface area is 189 Å². The fourth-order valence-corrected chi connectivity index (χ4v) is 2.95. The minimum atomic E-state index is 0.190. The lowest BCUT2D eigenvalue weighted by molar-refractivity contribution is 0.111. The molecule has 0 radical (unpaired) electrons. The van der Waals surface area contributed by atoms with Gasteiger partial charge < -0.3 is 15.3 Å². The van der Waals surface area contributed by atoms with Crippen LogP contribution < -0.4 is 10.2 Å². The maximum absolute atomic E-state index is 10.6. The predicted molar refractivity (Wildman–Crippen MR) is 127 cm³/mol. The highest BCUT2D eigenvalue weighted by molar-refractivity contribution is 5.80. The van der Waals surface area contributed by atoms with Gasteiger partial charge in [-0.1, -0.05) is 25.1 Å². The molecule has 0 aliphatic heterocycles. The summed E-state index contributed by atoms with van der Waals surface area (Å²) in [7, 11) is 1.77. The van der Waals surface area contributed by atoms with Crippen LogP contribution in [0.5, 0.6) is 5.75 Å². The summed E-state index contributed by atoms with van der Waals surface area (Å²) in [4.78, 5) is 18.7. The van der Waals surface area contributed by atoms with Gasteiger partial charge in [0.15, 0.2) is 6.29 Å². The maximum Gasteiger partial charge on any atom is 0.170 e. The van der Waals surface area contributed by atoms with E-state index >= 15 is 0 Å². The predicted octanol–water partition coefficient (Wildman–Crippen LogP) is 3.69. The van der Waals surface area contributed by atoms with Gasteiger partial charge in [0.1, 0.15) is 11.4 Å². The molecule has 0 bridgehead atoms. The molecule has 0 unspecified atom stereocenters. The third-order valence-corrected chi connectivity index (χ3v) is 4.46. The van der Waals surface area contributed by atoms with Gasteiger partial charge in [-0.3, -0.25) is 9.78 Å². The average molecular weight is 435 g/mol.